The van der Waals surface area contributed by atoms with Crippen LogP contribution in [0.1, 0.15) is 64.2 Å². The molecule has 2 aliphatic carbocycles. The lowest BCUT2D eigenvalue weighted by molar-refractivity contribution is 0.181. The monoisotopic (exact) mass is 209 g/mol. The summed E-state index contributed by atoms with van der Waals surface area (Å²) in [4.78, 5) is 0. The molecule has 2 saturated carbocycles. The molecule has 0 aromatic carbocycles. The van der Waals surface area contributed by atoms with Gasteiger partial charge in [-0.05, 0) is 37.1 Å². The highest BCUT2D eigenvalue weighted by Gasteiger charge is 2.27. The van der Waals surface area contributed by atoms with Crippen molar-refractivity contribution < 1.29 is 0 Å². The Balaban J connectivity index is 1.79. The predicted molar refractivity (Wildman–Crippen MR) is 65.7 cm³/mol. The first-order valence-corrected chi connectivity index (χ1v) is 7.10. The molecule has 88 valence electrons. The molecule has 0 heterocycles. The zero-order chi connectivity index (χ0) is 10.5. The van der Waals surface area contributed by atoms with Crippen molar-refractivity contribution >= 4 is 0 Å². The fraction of sp³-hybridized carbons (Fsp3) is 1.00. The zero-order valence-electron chi connectivity index (χ0n) is 10.1. The van der Waals surface area contributed by atoms with Crippen molar-refractivity contribution in [1.82, 2.24) is 0 Å². The quantitative estimate of drug-likeness (QED) is 0.753. The molecule has 15 heavy (non-hydrogen) atoms. The van der Waals surface area contributed by atoms with E-state index in [4.69, 9.17) is 5.73 Å². The first-order chi connectivity index (χ1) is 7.40. The molecule has 1 nitrogen and oxygen atoms in total. The van der Waals surface area contributed by atoms with Gasteiger partial charge in [0.1, 0.15) is 0 Å². The van der Waals surface area contributed by atoms with E-state index in [0.717, 1.165) is 24.3 Å². The fourth-order valence-corrected chi connectivity index (χ4v) is 3.76. The van der Waals surface area contributed by atoms with E-state index in [1.807, 2.05) is 0 Å². The minimum Gasteiger partial charge on any atom is -0.330 e. The molecule has 0 saturated heterocycles. The largest absolute Gasteiger partial charge is 0.330 e. The van der Waals surface area contributed by atoms with Crippen molar-refractivity contribution in [2.45, 2.75) is 64.2 Å². The van der Waals surface area contributed by atoms with Crippen LogP contribution in [-0.2, 0) is 0 Å². The van der Waals surface area contributed by atoms with E-state index in [1.165, 1.54) is 64.2 Å². The van der Waals surface area contributed by atoms with Gasteiger partial charge in [0.05, 0.1) is 0 Å². The maximum Gasteiger partial charge on any atom is -0.00462 e. The van der Waals surface area contributed by atoms with Crippen LogP contribution in [0.25, 0.3) is 0 Å². The second-order valence-electron chi connectivity index (χ2n) is 5.78. The van der Waals surface area contributed by atoms with E-state index in [0.29, 0.717) is 0 Å². The number of nitrogens with two attached hydrogens (primary N) is 1. The highest BCUT2D eigenvalue weighted by molar-refractivity contribution is 4.79. The second-order valence-corrected chi connectivity index (χ2v) is 5.78. The molecule has 0 aromatic heterocycles. The van der Waals surface area contributed by atoms with Crippen molar-refractivity contribution in [1.29, 1.82) is 0 Å². The third kappa shape index (κ3) is 3.21. The average molecular weight is 209 g/mol. The van der Waals surface area contributed by atoms with Crippen molar-refractivity contribution in [3.05, 3.63) is 0 Å². The van der Waals surface area contributed by atoms with Crippen molar-refractivity contribution in [3.63, 3.8) is 0 Å². The van der Waals surface area contributed by atoms with Gasteiger partial charge in [0.15, 0.2) is 0 Å². The smallest absolute Gasteiger partial charge is 0.00462 e. The van der Waals surface area contributed by atoms with Crippen LogP contribution >= 0.6 is 0 Å². The number of hydrogen-bond donors (Lipinski definition) is 1. The SMILES string of the molecule is NCC1CCCCC1CC1CCCCC1. The molecule has 2 aliphatic rings. The third-order valence-corrected chi connectivity index (χ3v) is 4.73. The van der Waals surface area contributed by atoms with E-state index in [9.17, 15) is 0 Å². The van der Waals surface area contributed by atoms with Gasteiger partial charge in [-0.1, -0.05) is 51.4 Å². The van der Waals surface area contributed by atoms with Crippen LogP contribution < -0.4 is 5.73 Å². The van der Waals surface area contributed by atoms with Gasteiger partial charge >= 0.3 is 0 Å². The Kier molecular flexibility index (Phi) is 4.49. The normalized spacial score (nSPS) is 34.2. The molecule has 2 unspecified atom stereocenters. The minimum absolute atomic E-state index is 0.862. The van der Waals surface area contributed by atoms with Gasteiger partial charge in [-0.15, -0.1) is 0 Å². The van der Waals surface area contributed by atoms with Crippen LogP contribution in [-0.4, -0.2) is 6.54 Å². The Morgan fingerprint density at radius 3 is 2.00 bits per heavy atom. The summed E-state index contributed by atoms with van der Waals surface area (Å²) in [7, 11) is 0. The Labute approximate surface area is 94.8 Å². The van der Waals surface area contributed by atoms with Crippen LogP contribution in [0.15, 0.2) is 0 Å². The Morgan fingerprint density at radius 2 is 1.33 bits per heavy atom. The van der Waals surface area contributed by atoms with Gasteiger partial charge in [0, 0.05) is 0 Å². The Bertz CT molecular complexity index is 172. The van der Waals surface area contributed by atoms with Crippen molar-refractivity contribution in [2.75, 3.05) is 6.54 Å². The molecule has 0 radical (unpaired) electrons. The molecular weight excluding hydrogens is 182 g/mol. The lowest BCUT2D eigenvalue weighted by atomic mass is 9.72. The summed E-state index contributed by atoms with van der Waals surface area (Å²) in [5.74, 6) is 2.89. The van der Waals surface area contributed by atoms with Crippen LogP contribution in [0.5, 0.6) is 0 Å². The van der Waals surface area contributed by atoms with E-state index in [-0.39, 0.29) is 0 Å². The molecule has 1 heteroatoms. The van der Waals surface area contributed by atoms with Gasteiger partial charge in [-0.3, -0.25) is 0 Å². The summed E-state index contributed by atoms with van der Waals surface area (Å²) in [6.07, 6.45) is 14.8. The predicted octanol–water partition coefficient (Wildman–Crippen LogP) is 3.72. The number of hydrogen-bond acceptors (Lipinski definition) is 1. The van der Waals surface area contributed by atoms with E-state index in [2.05, 4.69) is 0 Å². The summed E-state index contributed by atoms with van der Waals surface area (Å²) in [6.45, 7) is 0.942. The fourth-order valence-electron chi connectivity index (χ4n) is 3.76. The molecule has 2 N–H and O–H groups in total. The van der Waals surface area contributed by atoms with Crippen molar-refractivity contribution in [2.24, 2.45) is 23.5 Å². The van der Waals surface area contributed by atoms with E-state index < -0.39 is 0 Å². The Hall–Kier alpha value is -0.0400. The maximum absolute atomic E-state index is 5.90. The van der Waals surface area contributed by atoms with Crippen LogP contribution in [0.3, 0.4) is 0 Å². The molecule has 0 spiro atoms. The highest BCUT2D eigenvalue weighted by Crippen LogP contribution is 2.37. The maximum atomic E-state index is 5.90. The molecular formula is C14H27N. The topological polar surface area (TPSA) is 26.0 Å². The molecule has 2 rings (SSSR count). The lowest BCUT2D eigenvalue weighted by Gasteiger charge is -2.34. The van der Waals surface area contributed by atoms with Crippen LogP contribution in [0.2, 0.25) is 0 Å². The van der Waals surface area contributed by atoms with Gasteiger partial charge in [-0.25, -0.2) is 0 Å². The van der Waals surface area contributed by atoms with E-state index >= 15 is 0 Å². The number of rotatable bonds is 3. The van der Waals surface area contributed by atoms with E-state index in [1.54, 1.807) is 0 Å². The highest BCUT2D eigenvalue weighted by atomic mass is 14.6. The Morgan fingerprint density at radius 1 is 0.733 bits per heavy atom. The molecule has 0 amide bonds. The van der Waals surface area contributed by atoms with Gasteiger partial charge in [0.2, 0.25) is 0 Å². The first-order valence-electron chi connectivity index (χ1n) is 7.10. The van der Waals surface area contributed by atoms with Crippen molar-refractivity contribution in [3.8, 4) is 0 Å². The average Bonchev–Trinajstić information content (AvgIpc) is 2.31. The summed E-state index contributed by atoms with van der Waals surface area (Å²) in [6, 6.07) is 0. The molecule has 2 atom stereocenters. The molecule has 0 aromatic rings. The van der Waals surface area contributed by atoms with Gasteiger partial charge in [0.25, 0.3) is 0 Å². The zero-order valence-corrected chi connectivity index (χ0v) is 10.1. The molecule has 0 bridgehead atoms. The summed E-state index contributed by atoms with van der Waals surface area (Å²) < 4.78 is 0. The minimum atomic E-state index is 0.862. The van der Waals surface area contributed by atoms with Crippen LogP contribution in [0, 0.1) is 17.8 Å². The van der Waals surface area contributed by atoms with Crippen LogP contribution in [0.4, 0.5) is 0 Å². The first kappa shape index (κ1) is 11.4. The van der Waals surface area contributed by atoms with Gasteiger partial charge < -0.3 is 5.73 Å². The molecule has 0 aliphatic heterocycles. The third-order valence-electron chi connectivity index (χ3n) is 4.73. The van der Waals surface area contributed by atoms with Gasteiger partial charge in [-0.2, -0.15) is 0 Å². The standard InChI is InChI=1S/C14H27N/c15-11-14-9-5-4-8-13(14)10-12-6-2-1-3-7-12/h12-14H,1-11,15H2. The molecule has 2 fully saturated rings. The summed E-state index contributed by atoms with van der Waals surface area (Å²) >= 11 is 0. The summed E-state index contributed by atoms with van der Waals surface area (Å²) in [5.41, 5.74) is 5.90. The lowest BCUT2D eigenvalue weighted by Crippen LogP contribution is -2.28. The second kappa shape index (κ2) is 5.89. The summed E-state index contributed by atoms with van der Waals surface area (Å²) in [5, 5.41) is 0.